The molecule has 0 atom stereocenters. The second-order valence-corrected chi connectivity index (χ2v) is 26.8. The van der Waals surface area contributed by atoms with Gasteiger partial charge in [-0.3, -0.25) is 28.5 Å². The van der Waals surface area contributed by atoms with Crippen LogP contribution in [0.4, 0.5) is 0 Å². The molecule has 8 aromatic rings. The first kappa shape index (κ1) is 62.5. The third-order valence-electron chi connectivity index (χ3n) is 18.8. The highest BCUT2D eigenvalue weighted by atomic mass is 35.5. The molecule has 4 saturated carbocycles. The maximum absolute atomic E-state index is 13.5. The van der Waals surface area contributed by atoms with Crippen molar-refractivity contribution in [2.24, 2.45) is 34.5 Å². The zero-order valence-corrected chi connectivity index (χ0v) is 52.6. The number of carbonyl (C=O) groups excluding carboxylic acids is 2. The zero-order chi connectivity index (χ0) is 62.3. The molecular formula is C68H72BCl3N6O10. The molecule has 0 radical (unpaired) electrons. The van der Waals surface area contributed by atoms with Crippen molar-refractivity contribution in [3.05, 3.63) is 159 Å². The Labute approximate surface area is 527 Å². The Morgan fingerprint density at radius 1 is 0.568 bits per heavy atom. The lowest BCUT2D eigenvalue weighted by Gasteiger charge is -2.56. The van der Waals surface area contributed by atoms with Crippen LogP contribution in [-0.2, 0) is 32.0 Å². The van der Waals surface area contributed by atoms with Crippen molar-refractivity contribution < 1.29 is 48.2 Å². The lowest BCUT2D eigenvalue weighted by molar-refractivity contribution is -0.158. The van der Waals surface area contributed by atoms with Gasteiger partial charge in [0.05, 0.1) is 88.5 Å². The minimum absolute atomic E-state index is 0.0861. The highest BCUT2D eigenvalue weighted by Gasteiger charge is 2.56. The summed E-state index contributed by atoms with van der Waals surface area (Å²) >= 11 is 18.6. The summed E-state index contributed by atoms with van der Waals surface area (Å²) in [6, 6.07) is 34.4. The van der Waals surface area contributed by atoms with E-state index in [0.29, 0.717) is 89.1 Å². The van der Waals surface area contributed by atoms with Gasteiger partial charge in [0.2, 0.25) is 11.8 Å². The van der Waals surface area contributed by atoms with Gasteiger partial charge in [-0.2, -0.15) is 10.2 Å². The standard InChI is InChI=1S/C31H30ClN3O4.C30H34BClN2O5.C7H8ClNO/c1-2-39-28-5-3-4-26(34-28)21-8-6-19(7-9-21)18-35-29-23(10-11-25(32)24(29)17-33-35)27(36)12-20-13-31(14-20)15-22(16-31)30(37)38;1-28(2)29(3,4)39-31(38-28)21-7-5-18(6-8-21)17-34-26-22(9-10-24(32)23(26)16-33-34)25(35)11-19-12-30(13-19)14-20(15-30)27(36)37;1-2-10-7-5-3-4-6(8)9-7/h3-11,17,20,22H,2,12-16,18H2,1H3,(H,37,38);5-10,16,19-20H,11-15,17H2,1-4H3,(H,36,37);3-5H,2H2,1H3. The fraction of sp³-hybridized carbons (Fsp3) is 0.412. The number of benzene rings is 4. The first-order valence-corrected chi connectivity index (χ1v) is 31.4. The minimum atomic E-state index is -0.695. The van der Waals surface area contributed by atoms with Gasteiger partial charge < -0.3 is 29.0 Å². The lowest BCUT2D eigenvalue weighted by atomic mass is 9.47. The van der Waals surface area contributed by atoms with Crippen LogP contribution in [-0.4, -0.2) is 94.8 Å². The fourth-order valence-electron chi connectivity index (χ4n) is 13.7. The maximum Gasteiger partial charge on any atom is 0.494 e. The fourth-order valence-corrected chi connectivity index (χ4v) is 14.2. The number of fused-ring (bicyclic) bond motifs is 2. The average molecular weight is 1250 g/mol. The molecule has 1 aliphatic heterocycles. The van der Waals surface area contributed by atoms with Gasteiger partial charge in [0.25, 0.3) is 0 Å². The van der Waals surface area contributed by atoms with E-state index in [0.717, 1.165) is 101 Å². The number of carboxylic acid groups (broad SMARTS) is 2. The molecule has 1 saturated heterocycles. The summed E-state index contributed by atoms with van der Waals surface area (Å²) in [7, 11) is -0.418. The molecule has 5 aliphatic rings. The van der Waals surface area contributed by atoms with Crippen molar-refractivity contribution in [1.82, 2.24) is 29.5 Å². The molecule has 0 amide bonds. The number of ketones is 2. The van der Waals surface area contributed by atoms with E-state index < -0.39 is 30.3 Å². The van der Waals surface area contributed by atoms with E-state index in [9.17, 15) is 29.4 Å². The van der Waals surface area contributed by atoms with Crippen LogP contribution in [0.15, 0.2) is 122 Å². The number of hydrogen-bond acceptors (Lipinski definition) is 12. The molecule has 0 unspecified atom stereocenters. The van der Waals surface area contributed by atoms with Crippen LogP contribution in [0, 0.1) is 34.5 Å². The van der Waals surface area contributed by atoms with Gasteiger partial charge in [0.15, 0.2) is 11.6 Å². The molecule has 20 heteroatoms. The zero-order valence-electron chi connectivity index (χ0n) is 50.3. The topological polar surface area (TPSA) is 207 Å². The van der Waals surface area contributed by atoms with Gasteiger partial charge in [0, 0.05) is 52.4 Å². The number of pyridine rings is 2. The Morgan fingerprint density at radius 2 is 1.00 bits per heavy atom. The quantitative estimate of drug-likeness (QED) is 0.0466. The van der Waals surface area contributed by atoms with Crippen LogP contribution in [0.25, 0.3) is 33.1 Å². The van der Waals surface area contributed by atoms with Crippen molar-refractivity contribution in [3.63, 3.8) is 0 Å². The predicted molar refractivity (Wildman–Crippen MR) is 340 cm³/mol. The van der Waals surface area contributed by atoms with E-state index in [2.05, 4.69) is 20.2 Å². The van der Waals surface area contributed by atoms with Crippen molar-refractivity contribution in [1.29, 1.82) is 0 Å². The Bertz CT molecular complexity index is 3880. The van der Waals surface area contributed by atoms with Crippen LogP contribution >= 0.6 is 34.8 Å². The number of Topliss-reactive ketones (excluding diaryl/α,β-unsaturated/α-hetero) is 2. The molecule has 4 aromatic carbocycles. The summed E-state index contributed by atoms with van der Waals surface area (Å²) < 4.78 is 26.7. The summed E-state index contributed by atoms with van der Waals surface area (Å²) in [4.78, 5) is 57.7. The summed E-state index contributed by atoms with van der Waals surface area (Å²) in [6.45, 7) is 14.2. The van der Waals surface area contributed by atoms with Crippen LogP contribution in [0.2, 0.25) is 15.2 Å². The van der Waals surface area contributed by atoms with Gasteiger partial charge >= 0.3 is 19.1 Å². The van der Waals surface area contributed by atoms with Gasteiger partial charge in [-0.15, -0.1) is 0 Å². The number of aromatic nitrogens is 6. The Hall–Kier alpha value is -7.15. The van der Waals surface area contributed by atoms with Crippen molar-refractivity contribution in [3.8, 4) is 23.0 Å². The Morgan fingerprint density at radius 3 is 1.43 bits per heavy atom. The lowest BCUT2D eigenvalue weighted by Crippen LogP contribution is -2.50. The van der Waals surface area contributed by atoms with Gasteiger partial charge in [-0.05, 0) is 169 Å². The number of ether oxygens (including phenoxy) is 2. The van der Waals surface area contributed by atoms with E-state index in [-0.39, 0.29) is 34.2 Å². The number of rotatable bonds is 18. The second-order valence-electron chi connectivity index (χ2n) is 25.6. The molecule has 458 valence electrons. The summed E-state index contributed by atoms with van der Waals surface area (Å²) in [5, 5.41) is 30.7. The van der Waals surface area contributed by atoms with Crippen LogP contribution < -0.4 is 14.9 Å². The molecule has 5 fully saturated rings. The summed E-state index contributed by atoms with van der Waals surface area (Å²) in [6.07, 6.45) is 11.1. The maximum atomic E-state index is 13.5. The first-order valence-electron chi connectivity index (χ1n) is 30.2. The summed E-state index contributed by atoms with van der Waals surface area (Å²) in [5.41, 5.74) is 7.17. The van der Waals surface area contributed by atoms with Crippen LogP contribution in [0.1, 0.15) is 138 Å². The van der Waals surface area contributed by atoms with Crippen molar-refractivity contribution in [2.45, 2.75) is 130 Å². The highest BCUT2D eigenvalue weighted by molar-refractivity contribution is 6.62. The number of aliphatic carboxylic acids is 2. The largest absolute Gasteiger partial charge is 0.494 e. The molecule has 13 rings (SSSR count). The molecular weight excluding hydrogens is 1180 g/mol. The second kappa shape index (κ2) is 25.4. The van der Waals surface area contributed by atoms with Crippen LogP contribution in [0.5, 0.6) is 11.8 Å². The molecule has 2 spiro atoms. The minimum Gasteiger partial charge on any atom is -0.481 e. The van der Waals surface area contributed by atoms with Gasteiger partial charge in [0.1, 0.15) is 5.15 Å². The molecule has 4 aromatic heterocycles. The number of carbonyl (C=O) groups is 4. The van der Waals surface area contributed by atoms with E-state index in [4.69, 9.17) is 53.6 Å². The monoisotopic (exact) mass is 1250 g/mol. The molecule has 0 bridgehead atoms. The van der Waals surface area contributed by atoms with Crippen LogP contribution in [0.3, 0.4) is 0 Å². The third-order valence-corrected chi connectivity index (χ3v) is 19.6. The Kier molecular flexibility index (Phi) is 18.0. The molecule has 2 N–H and O–H groups in total. The third kappa shape index (κ3) is 13.3. The molecule has 88 heavy (non-hydrogen) atoms. The van der Waals surface area contributed by atoms with Crippen molar-refractivity contribution in [2.75, 3.05) is 13.2 Å². The van der Waals surface area contributed by atoms with E-state index >= 15 is 0 Å². The van der Waals surface area contributed by atoms with E-state index in [1.165, 1.54) is 0 Å². The SMILES string of the molecule is CC1(C)OB(c2ccc(Cn3ncc4c(Cl)ccc(C(=O)CC5CC6(C5)CC(C(=O)O)C6)c43)cc2)OC1(C)C.CCOc1cccc(-c2ccc(Cn3ncc4c(Cl)ccc(C(=O)CC5CC6(C5)CC(C(=O)O)C6)c43)cc2)n1.CCOc1cccc(Cl)n1. The van der Waals surface area contributed by atoms with E-state index in [1.807, 2.05) is 130 Å². The smallest absolute Gasteiger partial charge is 0.481 e. The van der Waals surface area contributed by atoms with Gasteiger partial charge in [-0.1, -0.05) is 95.5 Å². The number of nitrogens with zero attached hydrogens (tertiary/aromatic N) is 6. The van der Waals surface area contributed by atoms with E-state index in [1.54, 1.807) is 42.7 Å². The predicted octanol–water partition coefficient (Wildman–Crippen LogP) is 14.3. The van der Waals surface area contributed by atoms with Crippen molar-refractivity contribution >= 4 is 92.7 Å². The Balaban J connectivity index is 0.000000157. The number of hydrogen-bond donors (Lipinski definition) is 2. The molecule has 16 nitrogen and oxygen atoms in total. The molecule has 4 aliphatic carbocycles. The van der Waals surface area contributed by atoms with Gasteiger partial charge in [-0.25, -0.2) is 9.97 Å². The summed E-state index contributed by atoms with van der Waals surface area (Å²) in [5.74, 6) is 0.148. The first-order chi connectivity index (χ1) is 42.0. The molecule has 5 heterocycles. The average Bonchev–Trinajstić information content (AvgIpc) is 1.54. The number of carboxylic acids is 2. The number of halogens is 3. The highest BCUT2D eigenvalue weighted by Crippen LogP contribution is 2.63. The normalized spacial score (nSPS) is 22.7.